The molecule has 27 heavy (non-hydrogen) atoms. The number of nitrogens with two attached hydrogens (primary N) is 1. The van der Waals surface area contributed by atoms with Crippen LogP contribution in [0, 0.1) is 18.3 Å². The summed E-state index contributed by atoms with van der Waals surface area (Å²) in [5, 5.41) is 9.03. The van der Waals surface area contributed by atoms with Gasteiger partial charge >= 0.3 is 0 Å². The van der Waals surface area contributed by atoms with Gasteiger partial charge < -0.3 is 15.2 Å². The van der Waals surface area contributed by atoms with E-state index in [1.807, 2.05) is 25.1 Å². The number of nitrogens with zero attached hydrogens (tertiary/aromatic N) is 1. The summed E-state index contributed by atoms with van der Waals surface area (Å²) < 4.78 is 12.4. The Morgan fingerprint density at radius 2 is 1.96 bits per heavy atom. The maximum atomic E-state index is 11.3. The van der Waals surface area contributed by atoms with Crippen LogP contribution < -0.4 is 15.2 Å². The third-order valence-corrected chi connectivity index (χ3v) is 4.28. The predicted octanol–water partition coefficient (Wildman–Crippen LogP) is 4.17. The number of hydrogen-bond donors (Lipinski definition) is 1. The van der Waals surface area contributed by atoms with Crippen molar-refractivity contribution in [1.82, 2.24) is 0 Å². The topological polar surface area (TPSA) is 85.3 Å². The molecule has 0 aliphatic rings. The van der Waals surface area contributed by atoms with Crippen molar-refractivity contribution in [1.29, 1.82) is 5.26 Å². The molecule has 2 rings (SSSR count). The molecule has 0 bridgehead atoms. The number of aryl methyl sites for hydroxylation is 2. The minimum absolute atomic E-state index is 0.138. The first-order valence-corrected chi connectivity index (χ1v) is 9.29. The molecular formula is C21H21BrN2O3. The molecule has 0 spiro atoms. The summed E-state index contributed by atoms with van der Waals surface area (Å²) in [4.78, 5) is 11.3. The maximum Gasteiger partial charge on any atom is 0.259 e. The molecular weight excluding hydrogens is 408 g/mol. The Balaban J connectivity index is 2.05. The van der Waals surface area contributed by atoms with Crippen LogP contribution in [-0.2, 0) is 11.2 Å². The van der Waals surface area contributed by atoms with Gasteiger partial charge in [-0.2, -0.15) is 5.26 Å². The largest absolute Gasteiger partial charge is 0.490 e. The predicted molar refractivity (Wildman–Crippen MR) is 108 cm³/mol. The lowest BCUT2D eigenvalue weighted by molar-refractivity contribution is -0.114. The Labute approximate surface area is 167 Å². The molecule has 0 saturated carbocycles. The van der Waals surface area contributed by atoms with Crippen molar-refractivity contribution >= 4 is 27.9 Å². The SMILES string of the molecule is CCc1cc(C)cc(OCCOc2ccc(Br)cc2/C=C(\C#N)C(N)=O)c1. The molecule has 2 N–H and O–H groups in total. The molecule has 0 saturated heterocycles. The van der Waals surface area contributed by atoms with Gasteiger partial charge in [0.25, 0.3) is 5.91 Å². The minimum atomic E-state index is -0.780. The van der Waals surface area contributed by atoms with E-state index in [0.29, 0.717) is 24.5 Å². The molecule has 0 aliphatic carbocycles. The third kappa shape index (κ3) is 6.15. The van der Waals surface area contributed by atoms with Gasteiger partial charge in [0.15, 0.2) is 0 Å². The van der Waals surface area contributed by atoms with Crippen molar-refractivity contribution in [2.24, 2.45) is 5.73 Å². The van der Waals surface area contributed by atoms with Gasteiger partial charge in [-0.05, 0) is 60.9 Å². The lowest BCUT2D eigenvalue weighted by atomic mass is 10.1. The Morgan fingerprint density at radius 1 is 1.22 bits per heavy atom. The van der Waals surface area contributed by atoms with Crippen LogP contribution >= 0.6 is 15.9 Å². The van der Waals surface area contributed by atoms with Crippen LogP contribution in [0.1, 0.15) is 23.6 Å². The van der Waals surface area contributed by atoms with Gasteiger partial charge in [0.1, 0.15) is 36.4 Å². The average molecular weight is 429 g/mol. The third-order valence-electron chi connectivity index (χ3n) is 3.79. The molecule has 0 aromatic heterocycles. The van der Waals surface area contributed by atoms with Crippen molar-refractivity contribution in [2.45, 2.75) is 20.3 Å². The zero-order valence-corrected chi connectivity index (χ0v) is 16.9. The van der Waals surface area contributed by atoms with Crippen LogP contribution in [0.15, 0.2) is 46.4 Å². The highest BCUT2D eigenvalue weighted by molar-refractivity contribution is 9.10. The first kappa shape index (κ1) is 20.5. The number of amides is 1. The van der Waals surface area contributed by atoms with Crippen LogP contribution in [0.2, 0.25) is 0 Å². The van der Waals surface area contributed by atoms with Crippen molar-refractivity contribution in [3.05, 3.63) is 63.1 Å². The van der Waals surface area contributed by atoms with Crippen molar-refractivity contribution in [3.8, 4) is 17.6 Å². The second-order valence-corrected chi connectivity index (χ2v) is 6.84. The van der Waals surface area contributed by atoms with Gasteiger partial charge in [0, 0.05) is 10.0 Å². The van der Waals surface area contributed by atoms with Crippen LogP contribution in [0.4, 0.5) is 0 Å². The summed E-state index contributed by atoms with van der Waals surface area (Å²) in [6.07, 6.45) is 2.36. The van der Waals surface area contributed by atoms with E-state index >= 15 is 0 Å². The molecule has 2 aromatic carbocycles. The summed E-state index contributed by atoms with van der Waals surface area (Å²) in [5.41, 5.74) is 8.03. The summed E-state index contributed by atoms with van der Waals surface area (Å²) >= 11 is 3.37. The summed E-state index contributed by atoms with van der Waals surface area (Å²) in [5.74, 6) is 0.569. The minimum Gasteiger partial charge on any atom is -0.490 e. The smallest absolute Gasteiger partial charge is 0.259 e. The van der Waals surface area contributed by atoms with E-state index in [1.54, 1.807) is 18.2 Å². The van der Waals surface area contributed by atoms with Gasteiger partial charge in [0.2, 0.25) is 0 Å². The molecule has 0 radical (unpaired) electrons. The molecule has 0 aliphatic heterocycles. The summed E-state index contributed by atoms with van der Waals surface area (Å²) in [7, 11) is 0. The number of ether oxygens (including phenoxy) is 2. The molecule has 6 heteroatoms. The zero-order chi connectivity index (χ0) is 19.8. The Bertz CT molecular complexity index is 901. The molecule has 0 unspecified atom stereocenters. The van der Waals surface area contributed by atoms with E-state index in [9.17, 15) is 4.79 Å². The number of nitriles is 1. The van der Waals surface area contributed by atoms with Crippen LogP contribution in [0.5, 0.6) is 11.5 Å². The molecule has 2 aromatic rings. The fraction of sp³-hybridized carbons (Fsp3) is 0.238. The molecule has 140 valence electrons. The number of carbonyl (C=O) groups excluding carboxylic acids is 1. The number of halogens is 1. The number of hydrogen-bond acceptors (Lipinski definition) is 4. The van der Waals surface area contributed by atoms with E-state index in [-0.39, 0.29) is 5.57 Å². The van der Waals surface area contributed by atoms with E-state index < -0.39 is 5.91 Å². The number of rotatable bonds is 8. The van der Waals surface area contributed by atoms with Crippen LogP contribution in [-0.4, -0.2) is 19.1 Å². The number of benzene rings is 2. The van der Waals surface area contributed by atoms with E-state index in [4.69, 9.17) is 20.5 Å². The second kappa shape index (κ2) is 9.79. The fourth-order valence-electron chi connectivity index (χ4n) is 2.50. The molecule has 5 nitrogen and oxygen atoms in total. The van der Waals surface area contributed by atoms with Crippen LogP contribution in [0.3, 0.4) is 0 Å². The van der Waals surface area contributed by atoms with Crippen LogP contribution in [0.25, 0.3) is 6.08 Å². The highest BCUT2D eigenvalue weighted by atomic mass is 79.9. The number of carbonyl (C=O) groups is 1. The second-order valence-electron chi connectivity index (χ2n) is 5.92. The lowest BCUT2D eigenvalue weighted by Gasteiger charge is -2.12. The normalized spacial score (nSPS) is 11.0. The van der Waals surface area contributed by atoms with Gasteiger partial charge in [0.05, 0.1) is 0 Å². The van der Waals surface area contributed by atoms with Gasteiger partial charge in [-0.1, -0.05) is 28.9 Å². The lowest BCUT2D eigenvalue weighted by Crippen LogP contribution is -2.13. The number of primary amides is 1. The van der Waals surface area contributed by atoms with E-state index in [2.05, 4.69) is 28.9 Å². The molecule has 0 fully saturated rings. The maximum absolute atomic E-state index is 11.3. The highest BCUT2D eigenvalue weighted by Crippen LogP contribution is 2.26. The summed E-state index contributed by atoms with van der Waals surface area (Å²) in [6, 6.07) is 13.3. The van der Waals surface area contributed by atoms with Crippen molar-refractivity contribution < 1.29 is 14.3 Å². The van der Waals surface area contributed by atoms with E-state index in [1.165, 1.54) is 11.6 Å². The Hall–Kier alpha value is -2.78. The standard InChI is InChI=1S/C21H21BrN2O3/c1-3-15-8-14(2)9-19(10-15)26-6-7-27-20-5-4-18(22)12-16(20)11-17(13-23)21(24)25/h4-5,8-12H,3,6-7H2,1-2H3,(H2,24,25)/b17-11+. The quantitative estimate of drug-likeness (QED) is 0.388. The summed E-state index contributed by atoms with van der Waals surface area (Å²) in [6.45, 7) is 4.82. The molecule has 1 amide bonds. The van der Waals surface area contributed by atoms with Gasteiger partial charge in [-0.15, -0.1) is 0 Å². The Kier molecular flexibility index (Phi) is 7.44. The molecule has 0 heterocycles. The van der Waals surface area contributed by atoms with Crippen molar-refractivity contribution in [3.63, 3.8) is 0 Å². The van der Waals surface area contributed by atoms with Gasteiger partial charge in [-0.25, -0.2) is 0 Å². The Morgan fingerprint density at radius 3 is 2.63 bits per heavy atom. The average Bonchev–Trinajstić information content (AvgIpc) is 2.63. The molecule has 0 atom stereocenters. The van der Waals surface area contributed by atoms with E-state index in [0.717, 1.165) is 22.2 Å². The fourth-order valence-corrected chi connectivity index (χ4v) is 2.88. The van der Waals surface area contributed by atoms with Gasteiger partial charge in [-0.3, -0.25) is 4.79 Å². The zero-order valence-electron chi connectivity index (χ0n) is 15.3. The highest BCUT2D eigenvalue weighted by Gasteiger charge is 2.08. The first-order valence-electron chi connectivity index (χ1n) is 8.50. The van der Waals surface area contributed by atoms with Crippen molar-refractivity contribution in [2.75, 3.05) is 13.2 Å². The monoisotopic (exact) mass is 428 g/mol. The first-order chi connectivity index (χ1) is 12.9.